The van der Waals surface area contributed by atoms with Gasteiger partial charge in [-0.3, -0.25) is 5.10 Å². The molecule has 1 aliphatic rings. The van der Waals surface area contributed by atoms with Crippen LogP contribution in [0.2, 0.25) is 0 Å². The first kappa shape index (κ1) is 13.8. The van der Waals surface area contributed by atoms with Crippen LogP contribution in [0.3, 0.4) is 0 Å². The Hall–Kier alpha value is -2.85. The molecule has 116 valence electrons. The zero-order valence-electron chi connectivity index (χ0n) is 12.9. The van der Waals surface area contributed by atoms with Crippen LogP contribution in [0.25, 0.3) is 16.6 Å². The van der Waals surface area contributed by atoms with Gasteiger partial charge in [-0.05, 0) is 13.0 Å². The fourth-order valence-corrected chi connectivity index (χ4v) is 3.05. The summed E-state index contributed by atoms with van der Waals surface area (Å²) in [5.41, 5.74) is 5.34. The van der Waals surface area contributed by atoms with Crippen LogP contribution < -0.4 is 10.1 Å². The van der Waals surface area contributed by atoms with E-state index < -0.39 is 0 Å². The third-order valence-electron chi connectivity index (χ3n) is 4.35. The number of hydrogen-bond donors (Lipinski definition) is 2. The number of pyridine rings is 1. The molecule has 1 fully saturated rings. The lowest BCUT2D eigenvalue weighted by molar-refractivity contribution is 0.417. The minimum atomic E-state index is 0.420. The molecule has 3 aromatic heterocycles. The third kappa shape index (κ3) is 1.99. The Morgan fingerprint density at radius 1 is 1.43 bits per heavy atom. The molecular weight excluding hydrogens is 292 g/mol. The first-order valence-corrected chi connectivity index (χ1v) is 7.44. The van der Waals surface area contributed by atoms with Gasteiger partial charge in [0.2, 0.25) is 0 Å². The largest absolute Gasteiger partial charge is 0.494 e. The van der Waals surface area contributed by atoms with Gasteiger partial charge < -0.3 is 10.1 Å². The number of nitriles is 1. The van der Waals surface area contributed by atoms with Crippen LogP contribution in [0, 0.1) is 18.3 Å². The Bertz CT molecular complexity index is 928. The summed E-state index contributed by atoms with van der Waals surface area (Å²) >= 11 is 0. The molecule has 0 amide bonds. The summed E-state index contributed by atoms with van der Waals surface area (Å²) in [5.74, 6) is 1.05. The van der Waals surface area contributed by atoms with E-state index in [1.165, 1.54) is 0 Å². The fraction of sp³-hybridized carbons (Fsp3) is 0.312. The van der Waals surface area contributed by atoms with E-state index in [9.17, 15) is 5.26 Å². The number of nitrogens with one attached hydrogen (secondary N) is 2. The lowest BCUT2D eigenvalue weighted by Crippen LogP contribution is -2.40. The molecule has 4 heterocycles. The van der Waals surface area contributed by atoms with Crippen molar-refractivity contribution in [1.82, 2.24) is 25.1 Å². The topological polar surface area (TPSA) is 91.0 Å². The number of H-pyrrole nitrogens is 1. The maximum atomic E-state index is 9.22. The number of aryl methyl sites for hydroxylation is 1. The number of rotatable bonds is 3. The lowest BCUT2D eigenvalue weighted by Gasteiger charge is -2.26. The van der Waals surface area contributed by atoms with Gasteiger partial charge in [-0.15, -0.1) is 0 Å². The second kappa shape index (κ2) is 5.11. The summed E-state index contributed by atoms with van der Waals surface area (Å²) in [5, 5.41) is 24.3. The lowest BCUT2D eigenvalue weighted by atomic mass is 9.92. The quantitative estimate of drug-likeness (QED) is 0.767. The van der Waals surface area contributed by atoms with Crippen LogP contribution >= 0.6 is 0 Å². The fourth-order valence-electron chi connectivity index (χ4n) is 3.05. The van der Waals surface area contributed by atoms with Gasteiger partial charge in [0.25, 0.3) is 0 Å². The highest BCUT2D eigenvalue weighted by atomic mass is 16.5. The second-order valence-electron chi connectivity index (χ2n) is 5.72. The molecule has 3 aromatic rings. The SMILES string of the molecule is COc1cc(-c2c(C3CNC3)n[nH]c2C)cn2ncc(C#N)c12. The van der Waals surface area contributed by atoms with Crippen LogP contribution in [0.4, 0.5) is 0 Å². The van der Waals surface area contributed by atoms with Gasteiger partial charge in [0.15, 0.2) is 0 Å². The summed E-state index contributed by atoms with van der Waals surface area (Å²) in [6.07, 6.45) is 3.48. The number of aromatic nitrogens is 4. The monoisotopic (exact) mass is 308 g/mol. The van der Waals surface area contributed by atoms with Crippen molar-refractivity contribution < 1.29 is 4.74 Å². The van der Waals surface area contributed by atoms with Crippen molar-refractivity contribution in [3.63, 3.8) is 0 Å². The van der Waals surface area contributed by atoms with E-state index in [-0.39, 0.29) is 0 Å². The molecule has 7 nitrogen and oxygen atoms in total. The van der Waals surface area contributed by atoms with Gasteiger partial charge in [0.1, 0.15) is 22.9 Å². The molecule has 23 heavy (non-hydrogen) atoms. The Kier molecular flexibility index (Phi) is 3.06. The molecule has 1 aliphatic heterocycles. The molecular formula is C16H16N6O. The van der Waals surface area contributed by atoms with E-state index in [4.69, 9.17) is 4.74 Å². The van der Waals surface area contributed by atoms with Gasteiger partial charge in [0.05, 0.1) is 19.0 Å². The molecule has 0 aromatic carbocycles. The van der Waals surface area contributed by atoms with Crippen LogP contribution in [0.15, 0.2) is 18.5 Å². The maximum absolute atomic E-state index is 9.22. The third-order valence-corrected chi connectivity index (χ3v) is 4.35. The van der Waals surface area contributed by atoms with E-state index in [0.29, 0.717) is 22.7 Å². The van der Waals surface area contributed by atoms with Crippen molar-refractivity contribution in [1.29, 1.82) is 5.26 Å². The minimum Gasteiger partial charge on any atom is -0.494 e. The predicted molar refractivity (Wildman–Crippen MR) is 84.4 cm³/mol. The predicted octanol–water partition coefficient (Wildman–Crippen LogP) is 1.60. The van der Waals surface area contributed by atoms with E-state index in [1.54, 1.807) is 17.8 Å². The summed E-state index contributed by atoms with van der Waals surface area (Å²) < 4.78 is 7.19. The van der Waals surface area contributed by atoms with Gasteiger partial charge in [-0.2, -0.15) is 15.5 Å². The Balaban J connectivity index is 1.93. The standard InChI is InChI=1S/C16H16N6O/c1-9-14(15(21-20-9)12-5-18-6-12)10-3-13(23-2)16-11(4-17)7-19-22(16)8-10/h3,7-8,12,18H,5-6H2,1-2H3,(H,20,21). The average molecular weight is 308 g/mol. The maximum Gasteiger partial charge on any atom is 0.146 e. The number of hydrogen-bond acceptors (Lipinski definition) is 5. The van der Waals surface area contributed by atoms with Crippen LogP contribution in [0.5, 0.6) is 5.75 Å². The van der Waals surface area contributed by atoms with Gasteiger partial charge in [0, 0.05) is 42.0 Å². The normalized spacial score (nSPS) is 14.7. The number of nitrogens with zero attached hydrogens (tertiary/aromatic N) is 4. The minimum absolute atomic E-state index is 0.420. The molecule has 0 radical (unpaired) electrons. The highest BCUT2D eigenvalue weighted by Crippen LogP contribution is 2.35. The van der Waals surface area contributed by atoms with Crippen LogP contribution in [-0.2, 0) is 0 Å². The smallest absolute Gasteiger partial charge is 0.146 e. The Morgan fingerprint density at radius 2 is 2.26 bits per heavy atom. The molecule has 0 bridgehead atoms. The highest BCUT2D eigenvalue weighted by molar-refractivity contribution is 5.77. The number of ether oxygens (including phenoxy) is 1. The molecule has 0 aliphatic carbocycles. The van der Waals surface area contributed by atoms with E-state index in [0.717, 1.165) is 35.6 Å². The molecule has 0 spiro atoms. The van der Waals surface area contributed by atoms with Crippen molar-refractivity contribution in [2.24, 2.45) is 0 Å². The van der Waals surface area contributed by atoms with Gasteiger partial charge >= 0.3 is 0 Å². The highest BCUT2D eigenvalue weighted by Gasteiger charge is 2.27. The zero-order chi connectivity index (χ0) is 16.0. The van der Waals surface area contributed by atoms with E-state index >= 15 is 0 Å². The number of aromatic amines is 1. The van der Waals surface area contributed by atoms with Crippen molar-refractivity contribution >= 4 is 5.52 Å². The Labute approximate surface area is 132 Å². The van der Waals surface area contributed by atoms with Crippen molar-refractivity contribution in [2.45, 2.75) is 12.8 Å². The molecule has 7 heteroatoms. The Morgan fingerprint density at radius 3 is 2.91 bits per heavy atom. The summed E-state index contributed by atoms with van der Waals surface area (Å²) in [6.45, 7) is 3.90. The molecule has 0 unspecified atom stereocenters. The van der Waals surface area contributed by atoms with Crippen molar-refractivity contribution in [3.8, 4) is 22.9 Å². The average Bonchev–Trinajstić information content (AvgIpc) is 3.08. The second-order valence-corrected chi connectivity index (χ2v) is 5.72. The van der Waals surface area contributed by atoms with Gasteiger partial charge in [-0.25, -0.2) is 4.52 Å². The molecule has 0 atom stereocenters. The van der Waals surface area contributed by atoms with Crippen molar-refractivity contribution in [3.05, 3.63) is 35.4 Å². The van der Waals surface area contributed by atoms with E-state index in [1.807, 2.05) is 19.2 Å². The summed E-state index contributed by atoms with van der Waals surface area (Å²) in [4.78, 5) is 0. The first-order valence-electron chi connectivity index (χ1n) is 7.44. The number of fused-ring (bicyclic) bond motifs is 1. The summed E-state index contributed by atoms with van der Waals surface area (Å²) in [7, 11) is 1.60. The number of methoxy groups -OCH3 is 1. The van der Waals surface area contributed by atoms with Crippen LogP contribution in [-0.4, -0.2) is 40.0 Å². The van der Waals surface area contributed by atoms with E-state index in [2.05, 4.69) is 26.7 Å². The molecule has 2 N–H and O–H groups in total. The molecule has 1 saturated heterocycles. The van der Waals surface area contributed by atoms with Crippen molar-refractivity contribution in [2.75, 3.05) is 20.2 Å². The molecule has 4 rings (SSSR count). The van der Waals surface area contributed by atoms with Gasteiger partial charge in [-0.1, -0.05) is 0 Å². The first-order chi connectivity index (χ1) is 11.2. The van der Waals surface area contributed by atoms with Crippen LogP contribution in [0.1, 0.15) is 22.9 Å². The molecule has 0 saturated carbocycles. The summed E-state index contributed by atoms with van der Waals surface area (Å²) in [6, 6.07) is 4.10. The zero-order valence-corrected chi connectivity index (χ0v) is 12.9.